The highest BCUT2D eigenvalue weighted by Gasteiger charge is 2.26. The van der Waals surface area contributed by atoms with Gasteiger partial charge in [-0.25, -0.2) is 9.59 Å². The predicted molar refractivity (Wildman–Crippen MR) is 80.9 cm³/mol. The van der Waals surface area contributed by atoms with Crippen LogP contribution in [0.4, 0.5) is 5.69 Å². The van der Waals surface area contributed by atoms with Crippen molar-refractivity contribution >= 4 is 40.4 Å². The standard InChI is InChI=1S/C14H10ClNO5S/c15-9-6-12(10(16)5-8(9)14(19)20)22(21)11-4-2-1-3-7(11)13(17)18/h1-6H,16H2,(H,17,18)(H,19,20). The van der Waals surface area contributed by atoms with Gasteiger partial charge in [0.2, 0.25) is 0 Å². The Morgan fingerprint density at radius 3 is 2.23 bits per heavy atom. The molecule has 0 spiro atoms. The van der Waals surface area contributed by atoms with Crippen LogP contribution in [0.5, 0.6) is 0 Å². The Morgan fingerprint density at radius 2 is 1.64 bits per heavy atom. The van der Waals surface area contributed by atoms with Crippen LogP contribution in [0, 0.1) is 0 Å². The summed E-state index contributed by atoms with van der Waals surface area (Å²) in [5.41, 5.74) is 5.35. The van der Waals surface area contributed by atoms with E-state index in [1.807, 2.05) is 0 Å². The van der Waals surface area contributed by atoms with Crippen LogP contribution in [0.25, 0.3) is 0 Å². The number of rotatable bonds is 4. The minimum Gasteiger partial charge on any atom is -0.606 e. The van der Waals surface area contributed by atoms with Crippen molar-refractivity contribution in [2.45, 2.75) is 9.79 Å². The minimum atomic E-state index is -1.91. The molecular weight excluding hydrogens is 330 g/mol. The normalized spacial score (nSPS) is 11.9. The minimum absolute atomic E-state index is 0.0414. The summed E-state index contributed by atoms with van der Waals surface area (Å²) in [5, 5.41) is 18.0. The fourth-order valence-electron chi connectivity index (χ4n) is 1.82. The van der Waals surface area contributed by atoms with Crippen molar-refractivity contribution in [3.05, 3.63) is 52.5 Å². The molecule has 22 heavy (non-hydrogen) atoms. The van der Waals surface area contributed by atoms with Gasteiger partial charge in [-0.3, -0.25) is 0 Å². The second-order valence-electron chi connectivity index (χ2n) is 4.25. The van der Waals surface area contributed by atoms with Crippen molar-refractivity contribution in [3.8, 4) is 0 Å². The highest BCUT2D eigenvalue weighted by atomic mass is 35.5. The monoisotopic (exact) mass is 339 g/mol. The van der Waals surface area contributed by atoms with E-state index in [1.165, 1.54) is 24.3 Å². The zero-order chi connectivity index (χ0) is 16.4. The van der Waals surface area contributed by atoms with Crippen LogP contribution in [0.3, 0.4) is 0 Å². The van der Waals surface area contributed by atoms with Gasteiger partial charge >= 0.3 is 11.9 Å². The molecule has 0 heterocycles. The van der Waals surface area contributed by atoms with E-state index in [1.54, 1.807) is 6.07 Å². The summed E-state index contributed by atoms with van der Waals surface area (Å²) < 4.78 is 12.6. The molecule has 0 saturated carbocycles. The van der Waals surface area contributed by atoms with Crippen molar-refractivity contribution in [3.63, 3.8) is 0 Å². The van der Waals surface area contributed by atoms with Crippen LogP contribution in [0.1, 0.15) is 20.7 Å². The Labute approximate surface area is 133 Å². The van der Waals surface area contributed by atoms with E-state index >= 15 is 0 Å². The number of anilines is 1. The second kappa shape index (κ2) is 6.27. The summed E-state index contributed by atoms with van der Waals surface area (Å²) in [6.45, 7) is 0. The van der Waals surface area contributed by atoms with Gasteiger partial charge in [-0.1, -0.05) is 23.7 Å². The van der Waals surface area contributed by atoms with Gasteiger partial charge < -0.3 is 20.5 Å². The van der Waals surface area contributed by atoms with Gasteiger partial charge in [0.15, 0.2) is 9.79 Å². The van der Waals surface area contributed by atoms with E-state index < -0.39 is 23.1 Å². The Bertz CT molecular complexity index is 765. The maximum absolute atomic E-state index is 12.6. The van der Waals surface area contributed by atoms with Crippen LogP contribution in [0.2, 0.25) is 5.02 Å². The summed E-state index contributed by atoms with van der Waals surface area (Å²) in [4.78, 5) is 22.3. The van der Waals surface area contributed by atoms with Crippen LogP contribution in [0.15, 0.2) is 46.2 Å². The van der Waals surface area contributed by atoms with Crippen molar-refractivity contribution in [2.75, 3.05) is 5.73 Å². The van der Waals surface area contributed by atoms with E-state index in [-0.39, 0.29) is 31.6 Å². The molecule has 0 aliphatic carbocycles. The predicted octanol–water partition coefficient (Wildman–Crippen LogP) is 2.49. The molecule has 2 aromatic carbocycles. The summed E-state index contributed by atoms with van der Waals surface area (Å²) in [6.07, 6.45) is 0. The number of carboxylic acid groups (broad SMARTS) is 2. The smallest absolute Gasteiger partial charge is 0.340 e. The molecule has 4 N–H and O–H groups in total. The first kappa shape index (κ1) is 16.2. The Morgan fingerprint density at radius 1 is 1.05 bits per heavy atom. The summed E-state index contributed by atoms with van der Waals surface area (Å²) in [6, 6.07) is 8.05. The molecule has 2 rings (SSSR count). The fourth-order valence-corrected chi connectivity index (χ4v) is 3.42. The molecule has 0 amide bonds. The number of carboxylic acids is 2. The molecule has 114 valence electrons. The van der Waals surface area contributed by atoms with E-state index in [0.29, 0.717) is 0 Å². The van der Waals surface area contributed by atoms with Gasteiger partial charge in [-0.15, -0.1) is 0 Å². The quantitative estimate of drug-likeness (QED) is 0.580. The van der Waals surface area contributed by atoms with Gasteiger partial charge in [-0.05, 0) is 18.2 Å². The second-order valence-corrected chi connectivity index (χ2v) is 6.07. The van der Waals surface area contributed by atoms with Crippen LogP contribution in [-0.2, 0) is 11.2 Å². The Hall–Kier alpha value is -2.22. The third-order valence-corrected chi connectivity index (χ3v) is 4.67. The lowest BCUT2D eigenvalue weighted by Crippen LogP contribution is -2.12. The number of aromatic carboxylic acids is 2. The highest BCUT2D eigenvalue weighted by molar-refractivity contribution is 7.91. The number of nitrogens with two attached hydrogens (primary N) is 1. The first-order chi connectivity index (χ1) is 10.3. The maximum Gasteiger partial charge on any atom is 0.340 e. The zero-order valence-corrected chi connectivity index (χ0v) is 12.5. The number of hydrogen-bond donors (Lipinski definition) is 3. The van der Waals surface area contributed by atoms with Crippen molar-refractivity contribution in [2.24, 2.45) is 0 Å². The first-order valence-corrected chi connectivity index (χ1v) is 7.42. The average Bonchev–Trinajstić information content (AvgIpc) is 2.48. The lowest BCUT2D eigenvalue weighted by Gasteiger charge is -2.14. The third-order valence-electron chi connectivity index (χ3n) is 2.85. The number of hydrogen-bond acceptors (Lipinski definition) is 4. The highest BCUT2D eigenvalue weighted by Crippen LogP contribution is 2.32. The lowest BCUT2D eigenvalue weighted by molar-refractivity contribution is 0.0684. The zero-order valence-electron chi connectivity index (χ0n) is 10.9. The molecule has 0 saturated heterocycles. The van der Waals surface area contributed by atoms with E-state index in [4.69, 9.17) is 27.5 Å². The number of benzene rings is 2. The number of nitrogen functional groups attached to an aromatic ring is 1. The Balaban J connectivity index is 2.55. The summed E-state index contributed by atoms with van der Waals surface area (Å²) in [5.74, 6) is -2.49. The van der Waals surface area contributed by atoms with E-state index in [9.17, 15) is 14.1 Å². The molecule has 0 aliphatic heterocycles. The molecule has 2 aromatic rings. The van der Waals surface area contributed by atoms with Gasteiger partial charge in [0, 0.05) is 17.2 Å². The molecule has 0 bridgehead atoms. The maximum atomic E-state index is 12.6. The molecular formula is C14H10ClNO5S. The summed E-state index contributed by atoms with van der Waals surface area (Å²) in [7, 11) is 0. The van der Waals surface area contributed by atoms with Gasteiger partial charge in [0.05, 0.1) is 16.3 Å². The summed E-state index contributed by atoms with van der Waals surface area (Å²) >= 11 is 3.94. The van der Waals surface area contributed by atoms with Gasteiger partial charge in [0.1, 0.15) is 5.56 Å². The molecule has 1 unspecified atom stereocenters. The van der Waals surface area contributed by atoms with Crippen LogP contribution < -0.4 is 5.73 Å². The third kappa shape index (κ3) is 3.01. The number of carbonyl (C=O) groups is 2. The first-order valence-electron chi connectivity index (χ1n) is 5.89. The van der Waals surface area contributed by atoms with Crippen molar-refractivity contribution < 1.29 is 24.4 Å². The topological polar surface area (TPSA) is 124 Å². The van der Waals surface area contributed by atoms with E-state index in [2.05, 4.69) is 0 Å². The molecule has 0 aliphatic rings. The SMILES string of the molecule is Nc1cc(C(=O)O)c(Cl)cc1[S+]([O-])c1ccccc1C(=O)O. The van der Waals surface area contributed by atoms with Crippen LogP contribution in [-0.4, -0.2) is 26.7 Å². The molecule has 0 fully saturated rings. The lowest BCUT2D eigenvalue weighted by atomic mass is 10.2. The molecule has 6 nitrogen and oxygen atoms in total. The molecule has 8 heteroatoms. The van der Waals surface area contributed by atoms with Crippen molar-refractivity contribution in [1.82, 2.24) is 0 Å². The molecule has 0 aromatic heterocycles. The van der Waals surface area contributed by atoms with E-state index in [0.717, 1.165) is 6.07 Å². The molecule has 1 atom stereocenters. The van der Waals surface area contributed by atoms with Crippen LogP contribution >= 0.6 is 11.6 Å². The fraction of sp³-hybridized carbons (Fsp3) is 0. The van der Waals surface area contributed by atoms with Gasteiger partial charge in [-0.2, -0.15) is 0 Å². The molecule has 0 radical (unpaired) electrons. The largest absolute Gasteiger partial charge is 0.606 e. The number of halogens is 1. The van der Waals surface area contributed by atoms with Gasteiger partial charge in [0.25, 0.3) is 0 Å². The average molecular weight is 340 g/mol. The van der Waals surface area contributed by atoms with Crippen molar-refractivity contribution in [1.29, 1.82) is 0 Å². The Kier molecular flexibility index (Phi) is 4.60.